The van der Waals surface area contributed by atoms with Crippen LogP contribution >= 0.6 is 0 Å². The normalized spacial score (nSPS) is 10.2. The Morgan fingerprint density at radius 1 is 1.32 bits per heavy atom. The number of hydrogen-bond acceptors (Lipinski definition) is 4. The third kappa shape index (κ3) is 3.91. The van der Waals surface area contributed by atoms with E-state index in [0.717, 1.165) is 12.8 Å². The van der Waals surface area contributed by atoms with E-state index in [9.17, 15) is 4.39 Å². The quantitative estimate of drug-likeness (QED) is 0.808. The standard InChI is InChI=1S/C14H16FN3O/c1-2-3-8-19-13-5-4-11(15)9-12(13)18-14-6-7-16-10-17-14/h4-7,9-10H,2-3,8H2,1H3,(H,16,17,18). The van der Waals surface area contributed by atoms with Gasteiger partial charge < -0.3 is 10.1 Å². The first kappa shape index (κ1) is 13.3. The summed E-state index contributed by atoms with van der Waals surface area (Å²) in [7, 11) is 0. The predicted octanol–water partition coefficient (Wildman–Crippen LogP) is 3.54. The maximum absolute atomic E-state index is 13.3. The number of benzene rings is 1. The van der Waals surface area contributed by atoms with E-state index in [4.69, 9.17) is 4.74 Å². The molecular weight excluding hydrogens is 245 g/mol. The van der Waals surface area contributed by atoms with Crippen LogP contribution in [-0.2, 0) is 0 Å². The molecule has 4 nitrogen and oxygen atoms in total. The number of aromatic nitrogens is 2. The van der Waals surface area contributed by atoms with Crippen LogP contribution in [0.3, 0.4) is 0 Å². The summed E-state index contributed by atoms with van der Waals surface area (Å²) in [5, 5.41) is 3.02. The number of halogens is 1. The smallest absolute Gasteiger partial charge is 0.142 e. The SMILES string of the molecule is CCCCOc1ccc(F)cc1Nc1ccncn1. The van der Waals surface area contributed by atoms with Gasteiger partial charge in [0.25, 0.3) is 0 Å². The summed E-state index contributed by atoms with van der Waals surface area (Å²) >= 11 is 0. The second kappa shape index (κ2) is 6.68. The Bertz CT molecular complexity index is 519. The van der Waals surface area contributed by atoms with Gasteiger partial charge in [-0.05, 0) is 24.6 Å². The summed E-state index contributed by atoms with van der Waals surface area (Å²) in [5.74, 6) is 0.897. The monoisotopic (exact) mass is 261 g/mol. The molecule has 0 saturated heterocycles. The summed E-state index contributed by atoms with van der Waals surface area (Å²) in [4.78, 5) is 7.87. The van der Waals surface area contributed by atoms with Crippen LogP contribution in [-0.4, -0.2) is 16.6 Å². The Morgan fingerprint density at radius 3 is 2.95 bits per heavy atom. The van der Waals surface area contributed by atoms with Gasteiger partial charge in [-0.25, -0.2) is 14.4 Å². The minimum absolute atomic E-state index is 0.320. The first-order chi connectivity index (χ1) is 9.29. The lowest BCUT2D eigenvalue weighted by molar-refractivity contribution is 0.310. The number of ether oxygens (including phenoxy) is 1. The summed E-state index contributed by atoms with van der Waals surface area (Å²) in [5.41, 5.74) is 0.565. The Hall–Kier alpha value is -2.17. The molecule has 1 N–H and O–H groups in total. The lowest BCUT2D eigenvalue weighted by Gasteiger charge is -2.12. The molecule has 0 saturated carbocycles. The molecule has 1 aromatic heterocycles. The molecule has 0 radical (unpaired) electrons. The molecule has 100 valence electrons. The zero-order valence-electron chi connectivity index (χ0n) is 10.8. The van der Waals surface area contributed by atoms with E-state index in [1.807, 2.05) is 0 Å². The van der Waals surface area contributed by atoms with Crippen LogP contribution < -0.4 is 10.1 Å². The first-order valence-corrected chi connectivity index (χ1v) is 6.25. The van der Waals surface area contributed by atoms with E-state index < -0.39 is 0 Å². The highest BCUT2D eigenvalue weighted by atomic mass is 19.1. The molecule has 0 spiro atoms. The molecule has 19 heavy (non-hydrogen) atoms. The number of nitrogens with one attached hydrogen (secondary N) is 1. The van der Waals surface area contributed by atoms with Crippen LogP contribution in [0.15, 0.2) is 36.8 Å². The zero-order chi connectivity index (χ0) is 13.5. The van der Waals surface area contributed by atoms with Gasteiger partial charge in [-0.1, -0.05) is 13.3 Å². The molecule has 1 aromatic carbocycles. The number of nitrogens with zero attached hydrogens (tertiary/aromatic N) is 2. The average molecular weight is 261 g/mol. The van der Waals surface area contributed by atoms with Gasteiger partial charge in [0.15, 0.2) is 0 Å². The lowest BCUT2D eigenvalue weighted by Crippen LogP contribution is -2.01. The molecular formula is C14H16FN3O. The van der Waals surface area contributed by atoms with Gasteiger partial charge in [0, 0.05) is 12.3 Å². The van der Waals surface area contributed by atoms with Crippen LogP contribution in [0.2, 0.25) is 0 Å². The molecule has 0 atom stereocenters. The van der Waals surface area contributed by atoms with Crippen molar-refractivity contribution in [3.8, 4) is 5.75 Å². The fraction of sp³-hybridized carbons (Fsp3) is 0.286. The van der Waals surface area contributed by atoms with Gasteiger partial charge in [-0.3, -0.25) is 0 Å². The Kier molecular flexibility index (Phi) is 4.66. The maximum atomic E-state index is 13.3. The van der Waals surface area contributed by atoms with Crippen LogP contribution in [0.4, 0.5) is 15.9 Å². The molecule has 5 heteroatoms. The third-order valence-corrected chi connectivity index (χ3v) is 2.54. The molecule has 0 bridgehead atoms. The first-order valence-electron chi connectivity index (χ1n) is 6.25. The maximum Gasteiger partial charge on any atom is 0.142 e. The molecule has 0 aliphatic rings. The van der Waals surface area contributed by atoms with Crippen molar-refractivity contribution in [1.82, 2.24) is 9.97 Å². The fourth-order valence-corrected chi connectivity index (χ4v) is 1.55. The fourth-order valence-electron chi connectivity index (χ4n) is 1.55. The molecule has 0 aliphatic carbocycles. The number of hydrogen-bond donors (Lipinski definition) is 1. The number of rotatable bonds is 6. The Balaban J connectivity index is 2.15. The second-order valence-electron chi connectivity index (χ2n) is 4.06. The summed E-state index contributed by atoms with van der Waals surface area (Å²) < 4.78 is 18.9. The van der Waals surface area contributed by atoms with E-state index in [2.05, 4.69) is 22.2 Å². The van der Waals surface area contributed by atoms with Gasteiger partial charge in [-0.15, -0.1) is 0 Å². The molecule has 0 amide bonds. The average Bonchev–Trinajstić information content (AvgIpc) is 2.43. The molecule has 0 unspecified atom stereocenters. The van der Waals surface area contributed by atoms with Crippen LogP contribution in [0.25, 0.3) is 0 Å². The van der Waals surface area contributed by atoms with Crippen molar-refractivity contribution in [2.75, 3.05) is 11.9 Å². The number of unbranched alkanes of at least 4 members (excludes halogenated alkanes) is 1. The largest absolute Gasteiger partial charge is 0.491 e. The van der Waals surface area contributed by atoms with E-state index in [-0.39, 0.29) is 5.82 Å². The van der Waals surface area contributed by atoms with Crippen molar-refractivity contribution in [1.29, 1.82) is 0 Å². The Morgan fingerprint density at radius 2 is 2.21 bits per heavy atom. The van der Waals surface area contributed by atoms with Crippen molar-refractivity contribution >= 4 is 11.5 Å². The summed E-state index contributed by atoms with van der Waals surface area (Å²) in [6.07, 6.45) is 5.06. The van der Waals surface area contributed by atoms with Crippen molar-refractivity contribution in [2.24, 2.45) is 0 Å². The van der Waals surface area contributed by atoms with Gasteiger partial charge in [0.1, 0.15) is 23.7 Å². The number of anilines is 2. The lowest BCUT2D eigenvalue weighted by atomic mass is 10.2. The second-order valence-corrected chi connectivity index (χ2v) is 4.06. The zero-order valence-corrected chi connectivity index (χ0v) is 10.8. The van der Waals surface area contributed by atoms with Gasteiger partial charge in [0.05, 0.1) is 12.3 Å². The summed E-state index contributed by atoms with van der Waals surface area (Å²) in [6.45, 7) is 2.70. The van der Waals surface area contributed by atoms with Crippen LogP contribution in [0, 0.1) is 5.82 Å². The van der Waals surface area contributed by atoms with Crippen molar-refractivity contribution in [2.45, 2.75) is 19.8 Å². The predicted molar refractivity (Wildman–Crippen MR) is 72.1 cm³/mol. The molecule has 2 aromatic rings. The van der Waals surface area contributed by atoms with Crippen molar-refractivity contribution in [3.63, 3.8) is 0 Å². The Labute approximate surface area is 111 Å². The van der Waals surface area contributed by atoms with Gasteiger partial charge in [-0.2, -0.15) is 0 Å². The van der Waals surface area contributed by atoms with Crippen LogP contribution in [0.5, 0.6) is 5.75 Å². The van der Waals surface area contributed by atoms with E-state index in [0.29, 0.717) is 23.9 Å². The highest BCUT2D eigenvalue weighted by molar-refractivity contribution is 5.63. The van der Waals surface area contributed by atoms with E-state index in [1.54, 1.807) is 18.3 Å². The molecule has 0 fully saturated rings. The minimum atomic E-state index is -0.320. The third-order valence-electron chi connectivity index (χ3n) is 2.54. The molecule has 2 rings (SSSR count). The van der Waals surface area contributed by atoms with Crippen LogP contribution in [0.1, 0.15) is 19.8 Å². The highest BCUT2D eigenvalue weighted by Crippen LogP contribution is 2.28. The van der Waals surface area contributed by atoms with Gasteiger partial charge >= 0.3 is 0 Å². The topological polar surface area (TPSA) is 47.0 Å². The van der Waals surface area contributed by atoms with Gasteiger partial charge in [0.2, 0.25) is 0 Å². The van der Waals surface area contributed by atoms with E-state index >= 15 is 0 Å². The van der Waals surface area contributed by atoms with Crippen molar-refractivity contribution < 1.29 is 9.13 Å². The molecule has 1 heterocycles. The highest BCUT2D eigenvalue weighted by Gasteiger charge is 2.06. The van der Waals surface area contributed by atoms with E-state index in [1.165, 1.54) is 18.5 Å². The van der Waals surface area contributed by atoms with Crippen molar-refractivity contribution in [3.05, 3.63) is 42.6 Å². The molecule has 0 aliphatic heterocycles. The minimum Gasteiger partial charge on any atom is -0.491 e. The summed E-state index contributed by atoms with van der Waals surface area (Å²) in [6, 6.07) is 6.10.